The fourth-order valence-corrected chi connectivity index (χ4v) is 1.09. The molecule has 0 radical (unpaired) electrons. The van der Waals surface area contributed by atoms with Gasteiger partial charge in [-0.3, -0.25) is 0 Å². The van der Waals surface area contributed by atoms with Crippen LogP contribution in [0.2, 0.25) is 0 Å². The number of rotatable bonds is 3. The average Bonchev–Trinajstić information content (AvgIpc) is 2.66. The van der Waals surface area contributed by atoms with Gasteiger partial charge >= 0.3 is 0 Å². The number of ether oxygens (including phenoxy) is 1. The summed E-state index contributed by atoms with van der Waals surface area (Å²) >= 11 is 0. The summed E-state index contributed by atoms with van der Waals surface area (Å²) in [5.41, 5.74) is 5.44. The van der Waals surface area contributed by atoms with Gasteiger partial charge in [0.2, 0.25) is 0 Å². The fraction of sp³-hybridized carbons (Fsp3) is 1.00. The van der Waals surface area contributed by atoms with Crippen LogP contribution < -0.4 is 5.73 Å². The lowest BCUT2D eigenvalue weighted by atomic mass is 10.4. The summed E-state index contributed by atoms with van der Waals surface area (Å²) < 4.78 is 5.60. The van der Waals surface area contributed by atoms with Crippen molar-refractivity contribution >= 4 is 0 Å². The largest absolute Gasteiger partial charge is 0.375 e. The molecule has 0 bridgehead atoms. The van der Waals surface area contributed by atoms with Crippen molar-refractivity contribution in [1.82, 2.24) is 0 Å². The lowest BCUT2D eigenvalue weighted by Crippen LogP contribution is -2.07. The van der Waals surface area contributed by atoms with Crippen LogP contribution >= 0.6 is 0 Å². The Bertz CT molecular complexity index is 111. The van der Waals surface area contributed by atoms with Crippen LogP contribution in [0.15, 0.2) is 0 Å². The fourth-order valence-electron chi connectivity index (χ4n) is 1.09. The highest BCUT2D eigenvalue weighted by Gasteiger charge is 2.40. The highest BCUT2D eigenvalue weighted by atomic mass is 16.5. The summed E-state index contributed by atoms with van der Waals surface area (Å²) in [6.45, 7) is 0.817. The number of nitrogens with two attached hydrogens (primary N) is 1. The molecule has 2 rings (SSSR count). The molecular formula is C7H13NO. The third-order valence-corrected chi connectivity index (χ3v) is 2.05. The van der Waals surface area contributed by atoms with Gasteiger partial charge in [0, 0.05) is 0 Å². The lowest BCUT2D eigenvalue weighted by Gasteiger charge is -1.96. The molecule has 0 saturated heterocycles. The first kappa shape index (κ1) is 5.69. The molecule has 9 heavy (non-hydrogen) atoms. The number of hydrogen-bond acceptors (Lipinski definition) is 2. The van der Waals surface area contributed by atoms with Gasteiger partial charge < -0.3 is 10.5 Å². The molecule has 2 fully saturated rings. The summed E-state index contributed by atoms with van der Waals surface area (Å²) in [5.74, 6) is 0.700. The maximum atomic E-state index is 5.60. The van der Waals surface area contributed by atoms with Gasteiger partial charge in [0.05, 0.1) is 12.2 Å². The Morgan fingerprint density at radius 3 is 2.67 bits per heavy atom. The Hall–Kier alpha value is -0.0800. The van der Waals surface area contributed by atoms with E-state index in [9.17, 15) is 0 Å². The molecule has 2 heteroatoms. The Morgan fingerprint density at radius 2 is 2.22 bits per heavy atom. The van der Waals surface area contributed by atoms with Crippen molar-refractivity contribution in [2.45, 2.75) is 31.5 Å². The maximum Gasteiger partial charge on any atom is 0.0624 e. The molecule has 2 N–H and O–H groups in total. The maximum absolute atomic E-state index is 5.60. The second-order valence-corrected chi connectivity index (χ2v) is 3.11. The SMILES string of the molecule is NCC1CC1OC1CC1. The van der Waals surface area contributed by atoms with E-state index in [1.807, 2.05) is 0 Å². The minimum Gasteiger partial charge on any atom is -0.375 e. The third-order valence-electron chi connectivity index (χ3n) is 2.05. The Balaban J connectivity index is 1.65. The minimum atomic E-state index is 0.544. The van der Waals surface area contributed by atoms with Gasteiger partial charge in [0.15, 0.2) is 0 Å². The highest BCUT2D eigenvalue weighted by Crippen LogP contribution is 2.38. The Morgan fingerprint density at radius 1 is 1.44 bits per heavy atom. The van der Waals surface area contributed by atoms with Crippen molar-refractivity contribution in [1.29, 1.82) is 0 Å². The van der Waals surface area contributed by atoms with Crippen LogP contribution in [0.3, 0.4) is 0 Å². The minimum absolute atomic E-state index is 0.544. The first-order valence-electron chi connectivity index (χ1n) is 3.75. The standard InChI is InChI=1S/C7H13NO/c8-4-5-3-7(5)9-6-1-2-6/h5-7H,1-4,8H2. The molecule has 52 valence electrons. The molecule has 0 spiro atoms. The van der Waals surface area contributed by atoms with Gasteiger partial charge in [-0.1, -0.05) is 0 Å². The predicted molar refractivity (Wildman–Crippen MR) is 35.1 cm³/mol. The van der Waals surface area contributed by atoms with Crippen LogP contribution in [0.25, 0.3) is 0 Å². The summed E-state index contributed by atoms with van der Waals surface area (Å²) in [6.07, 6.45) is 4.95. The quantitative estimate of drug-likeness (QED) is 0.599. The zero-order valence-electron chi connectivity index (χ0n) is 5.55. The summed E-state index contributed by atoms with van der Waals surface area (Å²) in [7, 11) is 0. The van der Waals surface area contributed by atoms with E-state index in [1.54, 1.807) is 0 Å². The molecule has 0 amide bonds. The molecule has 0 aromatic heterocycles. The normalized spacial score (nSPS) is 41.0. The van der Waals surface area contributed by atoms with E-state index in [1.165, 1.54) is 19.3 Å². The Labute approximate surface area is 55.4 Å². The van der Waals surface area contributed by atoms with Crippen LogP contribution in [0.5, 0.6) is 0 Å². The van der Waals surface area contributed by atoms with Crippen LogP contribution in [-0.4, -0.2) is 18.8 Å². The zero-order valence-corrected chi connectivity index (χ0v) is 5.55. The smallest absolute Gasteiger partial charge is 0.0624 e. The molecule has 2 saturated carbocycles. The van der Waals surface area contributed by atoms with Crippen LogP contribution in [-0.2, 0) is 4.74 Å². The topological polar surface area (TPSA) is 35.2 Å². The number of hydrogen-bond donors (Lipinski definition) is 1. The van der Waals surface area contributed by atoms with E-state index in [0.29, 0.717) is 18.1 Å². The van der Waals surface area contributed by atoms with E-state index in [4.69, 9.17) is 10.5 Å². The zero-order chi connectivity index (χ0) is 6.27. The van der Waals surface area contributed by atoms with Crippen LogP contribution in [0.4, 0.5) is 0 Å². The second kappa shape index (κ2) is 1.96. The molecule has 2 nitrogen and oxygen atoms in total. The summed E-state index contributed by atoms with van der Waals surface area (Å²) in [6, 6.07) is 0. The van der Waals surface area contributed by atoms with E-state index in [-0.39, 0.29) is 0 Å². The first-order valence-corrected chi connectivity index (χ1v) is 3.75. The molecule has 0 aromatic carbocycles. The van der Waals surface area contributed by atoms with Crippen molar-refractivity contribution in [2.75, 3.05) is 6.54 Å². The highest BCUT2D eigenvalue weighted by molar-refractivity contribution is 4.91. The van der Waals surface area contributed by atoms with Gasteiger partial charge in [0.1, 0.15) is 0 Å². The van der Waals surface area contributed by atoms with Gasteiger partial charge in [-0.05, 0) is 31.7 Å². The van der Waals surface area contributed by atoms with Crippen molar-refractivity contribution < 1.29 is 4.74 Å². The summed E-state index contributed by atoms with van der Waals surface area (Å²) in [4.78, 5) is 0. The van der Waals surface area contributed by atoms with Gasteiger partial charge in [-0.15, -0.1) is 0 Å². The van der Waals surface area contributed by atoms with E-state index in [0.717, 1.165) is 6.54 Å². The van der Waals surface area contributed by atoms with E-state index >= 15 is 0 Å². The predicted octanol–water partition coefficient (Wildman–Crippen LogP) is 0.513. The Kier molecular flexibility index (Phi) is 1.24. The first-order chi connectivity index (χ1) is 4.40. The third kappa shape index (κ3) is 1.25. The van der Waals surface area contributed by atoms with Crippen molar-refractivity contribution in [3.63, 3.8) is 0 Å². The molecular weight excluding hydrogens is 114 g/mol. The van der Waals surface area contributed by atoms with Crippen LogP contribution in [0.1, 0.15) is 19.3 Å². The van der Waals surface area contributed by atoms with Crippen LogP contribution in [0, 0.1) is 5.92 Å². The molecule has 2 unspecified atom stereocenters. The molecule has 0 aromatic rings. The average molecular weight is 127 g/mol. The van der Waals surface area contributed by atoms with Gasteiger partial charge in [0.25, 0.3) is 0 Å². The lowest BCUT2D eigenvalue weighted by molar-refractivity contribution is 0.0951. The van der Waals surface area contributed by atoms with Crippen molar-refractivity contribution in [2.24, 2.45) is 11.7 Å². The molecule has 0 heterocycles. The van der Waals surface area contributed by atoms with E-state index in [2.05, 4.69) is 0 Å². The second-order valence-electron chi connectivity index (χ2n) is 3.11. The molecule has 2 atom stereocenters. The molecule has 2 aliphatic carbocycles. The van der Waals surface area contributed by atoms with E-state index < -0.39 is 0 Å². The molecule has 0 aliphatic heterocycles. The monoisotopic (exact) mass is 127 g/mol. The van der Waals surface area contributed by atoms with Gasteiger partial charge in [-0.25, -0.2) is 0 Å². The molecule has 2 aliphatic rings. The van der Waals surface area contributed by atoms with Crippen molar-refractivity contribution in [3.05, 3.63) is 0 Å². The van der Waals surface area contributed by atoms with Crippen molar-refractivity contribution in [3.8, 4) is 0 Å². The summed E-state index contributed by atoms with van der Waals surface area (Å²) in [5, 5.41) is 0. The van der Waals surface area contributed by atoms with Gasteiger partial charge in [-0.2, -0.15) is 0 Å².